The fraction of sp³-hybridized carbons (Fsp3) is 0.368. The van der Waals surface area contributed by atoms with Crippen LogP contribution in [0.25, 0.3) is 0 Å². The maximum atomic E-state index is 14.0. The van der Waals surface area contributed by atoms with Crippen LogP contribution in [-0.2, 0) is 0 Å². The first-order valence-corrected chi connectivity index (χ1v) is 8.55. The molecule has 2 aliphatic heterocycles. The molecule has 0 N–H and O–H groups in total. The molecule has 0 spiro atoms. The molecular formula is C19H19F2N3O. The highest BCUT2D eigenvalue weighted by Crippen LogP contribution is 2.34. The standard InChI is InChI=1S/C19H19F2N3O/c20-14-5-6-18(22-11-14)23-9-7-13-8-10-24(17(13)12-23)19(25)15-3-1-2-4-16(15)21/h1-6,11,13,17H,7-10,12H2. The number of halogens is 2. The minimum absolute atomic E-state index is 0.0349. The normalized spacial score (nSPS) is 22.8. The van der Waals surface area contributed by atoms with Crippen LogP contribution in [0.15, 0.2) is 42.6 Å². The van der Waals surface area contributed by atoms with Gasteiger partial charge in [0.25, 0.3) is 5.91 Å². The predicted octanol–water partition coefficient (Wildman–Crippen LogP) is 3.10. The average Bonchev–Trinajstić information content (AvgIpc) is 3.05. The zero-order valence-corrected chi connectivity index (χ0v) is 13.7. The van der Waals surface area contributed by atoms with Gasteiger partial charge in [-0.2, -0.15) is 0 Å². The van der Waals surface area contributed by atoms with Crippen LogP contribution < -0.4 is 4.90 Å². The Hall–Kier alpha value is -2.50. The van der Waals surface area contributed by atoms with Crippen molar-refractivity contribution in [2.75, 3.05) is 24.5 Å². The van der Waals surface area contributed by atoms with Gasteiger partial charge < -0.3 is 9.80 Å². The molecule has 130 valence electrons. The molecule has 1 amide bonds. The molecule has 2 atom stereocenters. The van der Waals surface area contributed by atoms with Crippen LogP contribution in [-0.4, -0.2) is 41.5 Å². The van der Waals surface area contributed by atoms with E-state index in [9.17, 15) is 13.6 Å². The molecule has 2 unspecified atom stereocenters. The van der Waals surface area contributed by atoms with E-state index in [1.54, 1.807) is 23.1 Å². The summed E-state index contributed by atoms with van der Waals surface area (Å²) in [5, 5.41) is 0. The number of nitrogens with zero attached hydrogens (tertiary/aromatic N) is 3. The lowest BCUT2D eigenvalue weighted by atomic mass is 9.92. The Balaban J connectivity index is 1.55. The summed E-state index contributed by atoms with van der Waals surface area (Å²) < 4.78 is 27.1. The van der Waals surface area contributed by atoms with Crippen molar-refractivity contribution in [1.29, 1.82) is 0 Å². The maximum absolute atomic E-state index is 14.0. The number of benzene rings is 1. The number of piperidine rings is 1. The minimum Gasteiger partial charge on any atom is -0.355 e. The number of likely N-dealkylation sites (tertiary alicyclic amines) is 1. The number of hydrogen-bond donors (Lipinski definition) is 0. The molecule has 2 fully saturated rings. The number of aromatic nitrogens is 1. The van der Waals surface area contributed by atoms with Crippen molar-refractivity contribution in [2.45, 2.75) is 18.9 Å². The molecule has 0 radical (unpaired) electrons. The van der Waals surface area contributed by atoms with Crippen LogP contribution in [0.5, 0.6) is 0 Å². The molecule has 1 aromatic heterocycles. The number of carbonyl (C=O) groups excluding carboxylic acids is 1. The molecule has 25 heavy (non-hydrogen) atoms. The summed E-state index contributed by atoms with van der Waals surface area (Å²) in [6.45, 7) is 2.12. The maximum Gasteiger partial charge on any atom is 0.257 e. The highest BCUT2D eigenvalue weighted by atomic mass is 19.1. The minimum atomic E-state index is -0.483. The van der Waals surface area contributed by atoms with Gasteiger partial charge in [0.2, 0.25) is 0 Å². The fourth-order valence-electron chi connectivity index (χ4n) is 3.95. The first-order chi connectivity index (χ1) is 12.1. The first kappa shape index (κ1) is 16.0. The summed E-state index contributed by atoms with van der Waals surface area (Å²) in [6, 6.07) is 9.20. The molecule has 4 rings (SSSR count). The Morgan fingerprint density at radius 3 is 2.64 bits per heavy atom. The zero-order valence-electron chi connectivity index (χ0n) is 13.7. The van der Waals surface area contributed by atoms with Gasteiger partial charge in [0.05, 0.1) is 17.8 Å². The zero-order chi connectivity index (χ0) is 17.4. The van der Waals surface area contributed by atoms with Gasteiger partial charge in [0.15, 0.2) is 0 Å². The van der Waals surface area contributed by atoms with E-state index in [1.807, 2.05) is 0 Å². The lowest BCUT2D eigenvalue weighted by molar-refractivity contribution is 0.0707. The Labute approximate surface area is 145 Å². The van der Waals surface area contributed by atoms with E-state index in [1.165, 1.54) is 24.4 Å². The monoisotopic (exact) mass is 343 g/mol. The van der Waals surface area contributed by atoms with Gasteiger partial charge in [0.1, 0.15) is 17.5 Å². The number of amides is 1. The second-order valence-electron chi connectivity index (χ2n) is 6.66. The van der Waals surface area contributed by atoms with Crippen LogP contribution >= 0.6 is 0 Å². The van der Waals surface area contributed by atoms with Gasteiger partial charge in [-0.25, -0.2) is 13.8 Å². The fourth-order valence-corrected chi connectivity index (χ4v) is 3.95. The number of carbonyl (C=O) groups is 1. The molecule has 0 bridgehead atoms. The average molecular weight is 343 g/mol. The van der Waals surface area contributed by atoms with Crippen molar-refractivity contribution < 1.29 is 13.6 Å². The van der Waals surface area contributed by atoms with Crippen LogP contribution in [0.3, 0.4) is 0 Å². The molecule has 0 saturated carbocycles. The Morgan fingerprint density at radius 1 is 1.08 bits per heavy atom. The predicted molar refractivity (Wildman–Crippen MR) is 90.4 cm³/mol. The molecule has 2 aromatic rings. The van der Waals surface area contributed by atoms with Crippen molar-refractivity contribution in [3.05, 3.63) is 59.8 Å². The number of hydrogen-bond acceptors (Lipinski definition) is 3. The molecule has 2 saturated heterocycles. The van der Waals surface area contributed by atoms with E-state index in [4.69, 9.17) is 0 Å². The molecule has 6 heteroatoms. The summed E-state index contributed by atoms with van der Waals surface area (Å²) in [5.74, 6) is 0.0386. The number of fused-ring (bicyclic) bond motifs is 1. The van der Waals surface area contributed by atoms with Gasteiger partial charge in [0, 0.05) is 19.6 Å². The van der Waals surface area contributed by atoms with Crippen molar-refractivity contribution in [1.82, 2.24) is 9.88 Å². The van der Waals surface area contributed by atoms with E-state index in [-0.39, 0.29) is 23.3 Å². The highest BCUT2D eigenvalue weighted by Gasteiger charge is 2.41. The third-order valence-corrected chi connectivity index (χ3v) is 5.26. The summed E-state index contributed by atoms with van der Waals surface area (Å²) in [4.78, 5) is 20.8. The quantitative estimate of drug-likeness (QED) is 0.841. The number of rotatable bonds is 2. The van der Waals surface area contributed by atoms with Gasteiger partial charge in [-0.3, -0.25) is 4.79 Å². The van der Waals surface area contributed by atoms with Gasteiger partial charge >= 0.3 is 0 Å². The Bertz CT molecular complexity index is 780. The molecule has 3 heterocycles. The summed E-state index contributed by atoms with van der Waals surface area (Å²) >= 11 is 0. The summed E-state index contributed by atoms with van der Waals surface area (Å²) in [6.07, 6.45) is 3.10. The van der Waals surface area contributed by atoms with Crippen molar-refractivity contribution in [2.24, 2.45) is 5.92 Å². The Kier molecular flexibility index (Phi) is 4.11. The topological polar surface area (TPSA) is 36.4 Å². The van der Waals surface area contributed by atoms with Crippen molar-refractivity contribution >= 4 is 11.7 Å². The van der Waals surface area contributed by atoms with Crippen molar-refractivity contribution in [3.8, 4) is 0 Å². The first-order valence-electron chi connectivity index (χ1n) is 8.55. The highest BCUT2D eigenvalue weighted by molar-refractivity contribution is 5.95. The van der Waals surface area contributed by atoms with Crippen LogP contribution in [0.2, 0.25) is 0 Å². The smallest absolute Gasteiger partial charge is 0.257 e. The van der Waals surface area contributed by atoms with E-state index in [2.05, 4.69) is 9.88 Å². The van der Waals surface area contributed by atoms with Crippen molar-refractivity contribution in [3.63, 3.8) is 0 Å². The molecule has 4 nitrogen and oxygen atoms in total. The molecule has 0 aliphatic carbocycles. The number of anilines is 1. The molecule has 2 aliphatic rings. The summed E-state index contributed by atoms with van der Waals surface area (Å²) in [7, 11) is 0. The van der Waals surface area contributed by atoms with E-state index in [0.717, 1.165) is 19.4 Å². The van der Waals surface area contributed by atoms with Crippen LogP contribution in [0.4, 0.5) is 14.6 Å². The Morgan fingerprint density at radius 2 is 1.88 bits per heavy atom. The second kappa shape index (κ2) is 6.43. The van der Waals surface area contributed by atoms with Gasteiger partial charge in [-0.1, -0.05) is 12.1 Å². The van der Waals surface area contributed by atoms with Gasteiger partial charge in [-0.05, 0) is 43.0 Å². The van der Waals surface area contributed by atoms with E-state index < -0.39 is 5.82 Å². The third-order valence-electron chi connectivity index (χ3n) is 5.26. The second-order valence-corrected chi connectivity index (χ2v) is 6.66. The van der Waals surface area contributed by atoms with Crippen LogP contribution in [0.1, 0.15) is 23.2 Å². The molecular weight excluding hydrogens is 324 g/mol. The lowest BCUT2D eigenvalue weighted by Crippen LogP contribution is -2.50. The van der Waals surface area contributed by atoms with E-state index >= 15 is 0 Å². The SMILES string of the molecule is O=C(c1ccccc1F)N1CCC2CCN(c3ccc(F)cn3)CC21. The number of pyridine rings is 1. The third kappa shape index (κ3) is 2.97. The van der Waals surface area contributed by atoms with E-state index in [0.29, 0.717) is 24.8 Å². The van der Waals surface area contributed by atoms with Crippen LogP contribution in [0, 0.1) is 17.6 Å². The largest absolute Gasteiger partial charge is 0.355 e. The summed E-state index contributed by atoms with van der Waals surface area (Å²) in [5.41, 5.74) is 0.125. The lowest BCUT2D eigenvalue weighted by Gasteiger charge is -2.39. The van der Waals surface area contributed by atoms with Gasteiger partial charge in [-0.15, -0.1) is 0 Å². The molecule has 1 aromatic carbocycles.